The molecule has 0 aromatic rings. The third-order valence-electron chi connectivity index (χ3n) is 1.68. The summed E-state index contributed by atoms with van der Waals surface area (Å²) in [7, 11) is 0. The van der Waals surface area contributed by atoms with E-state index in [0.717, 1.165) is 13.1 Å². The Hall–Kier alpha value is -0.960. The molecule has 0 spiro atoms. The van der Waals surface area contributed by atoms with Crippen molar-refractivity contribution in [1.82, 2.24) is 15.6 Å². The summed E-state index contributed by atoms with van der Waals surface area (Å²) in [5.41, 5.74) is 3.11. The highest BCUT2D eigenvalue weighted by Crippen LogP contribution is 1.98. The lowest BCUT2D eigenvalue weighted by Crippen LogP contribution is -2.45. The molecule has 0 aliphatic carbocycles. The van der Waals surface area contributed by atoms with Crippen LogP contribution in [0.5, 0.6) is 0 Å². The minimum atomic E-state index is 1.02. The van der Waals surface area contributed by atoms with Crippen LogP contribution in [0.1, 0.15) is 13.8 Å². The lowest BCUT2D eigenvalue weighted by molar-refractivity contribution is -0.00144. The Morgan fingerprint density at radius 3 is 2.45 bits per heavy atom. The van der Waals surface area contributed by atoms with Gasteiger partial charge in [-0.1, -0.05) is 13.8 Å². The number of rotatable bonds is 3. The van der Waals surface area contributed by atoms with Gasteiger partial charge in [-0.15, -0.1) is 0 Å². The summed E-state index contributed by atoms with van der Waals surface area (Å²) in [6.07, 6.45) is 7.90. The van der Waals surface area contributed by atoms with E-state index in [1.54, 1.807) is 0 Å². The van der Waals surface area contributed by atoms with Crippen LogP contribution in [0.25, 0.3) is 0 Å². The van der Waals surface area contributed by atoms with E-state index in [4.69, 9.17) is 0 Å². The van der Waals surface area contributed by atoms with Crippen LogP contribution >= 0.6 is 0 Å². The zero-order valence-corrected chi connectivity index (χ0v) is 7.12. The van der Waals surface area contributed by atoms with E-state index < -0.39 is 0 Å². The predicted octanol–water partition coefficient (Wildman–Crippen LogP) is 1.09. The van der Waals surface area contributed by atoms with Gasteiger partial charge in [0.05, 0.1) is 0 Å². The number of hydrazine groups is 2. The van der Waals surface area contributed by atoms with Gasteiger partial charge in [-0.05, 0) is 12.2 Å². The molecule has 3 heteroatoms. The third kappa shape index (κ3) is 1.98. The zero-order valence-electron chi connectivity index (χ0n) is 7.12. The highest BCUT2D eigenvalue weighted by atomic mass is 15.8. The van der Waals surface area contributed by atoms with Crippen LogP contribution < -0.4 is 5.43 Å². The topological polar surface area (TPSA) is 18.5 Å². The summed E-state index contributed by atoms with van der Waals surface area (Å²) in [6, 6.07) is 0. The van der Waals surface area contributed by atoms with Crippen molar-refractivity contribution in [2.45, 2.75) is 13.8 Å². The Bertz CT molecular complexity index is 159. The first-order valence-corrected chi connectivity index (χ1v) is 4.02. The summed E-state index contributed by atoms with van der Waals surface area (Å²) in [5, 5.41) is 4.18. The second kappa shape index (κ2) is 4.03. The monoisotopic (exact) mass is 153 g/mol. The zero-order chi connectivity index (χ0) is 8.10. The molecule has 0 amide bonds. The molecule has 62 valence electrons. The van der Waals surface area contributed by atoms with Gasteiger partial charge in [-0.2, -0.15) is 0 Å². The van der Waals surface area contributed by atoms with E-state index in [0.29, 0.717) is 0 Å². The van der Waals surface area contributed by atoms with Gasteiger partial charge in [0.2, 0.25) is 0 Å². The van der Waals surface area contributed by atoms with Crippen molar-refractivity contribution >= 4 is 0 Å². The molecule has 0 unspecified atom stereocenters. The number of nitrogens with zero attached hydrogens (tertiary/aromatic N) is 2. The lowest BCUT2D eigenvalue weighted by atomic mass is 10.5. The fourth-order valence-corrected chi connectivity index (χ4v) is 1.05. The number of hydrogen-bond donors (Lipinski definition) is 1. The highest BCUT2D eigenvalue weighted by Gasteiger charge is 2.05. The fraction of sp³-hybridized carbons (Fsp3) is 0.500. The Morgan fingerprint density at radius 1 is 1.27 bits per heavy atom. The van der Waals surface area contributed by atoms with Crippen LogP contribution in [0.2, 0.25) is 0 Å². The quantitative estimate of drug-likeness (QED) is 0.654. The molecule has 0 atom stereocenters. The molecule has 3 nitrogen and oxygen atoms in total. The Kier molecular flexibility index (Phi) is 2.98. The first-order valence-electron chi connectivity index (χ1n) is 4.02. The molecule has 0 saturated heterocycles. The van der Waals surface area contributed by atoms with Gasteiger partial charge in [-0.25, -0.2) is 10.1 Å². The molecule has 11 heavy (non-hydrogen) atoms. The Labute approximate surface area is 67.9 Å². The summed E-state index contributed by atoms with van der Waals surface area (Å²) >= 11 is 0. The number of nitrogens with one attached hydrogen (secondary N) is 1. The number of hydrogen-bond acceptors (Lipinski definition) is 3. The minimum Gasteiger partial charge on any atom is -0.292 e. The molecule has 0 radical (unpaired) electrons. The van der Waals surface area contributed by atoms with Crippen LogP contribution in [0, 0.1) is 0 Å². The van der Waals surface area contributed by atoms with Gasteiger partial charge in [0, 0.05) is 25.5 Å². The SMILES string of the molecule is CCN(CC)N1C=CC=CN1. The van der Waals surface area contributed by atoms with Crippen molar-refractivity contribution in [3.63, 3.8) is 0 Å². The Balaban J connectivity index is 2.45. The van der Waals surface area contributed by atoms with E-state index in [-0.39, 0.29) is 0 Å². The molecule has 0 bridgehead atoms. The highest BCUT2D eigenvalue weighted by molar-refractivity contribution is 5.04. The summed E-state index contributed by atoms with van der Waals surface area (Å²) in [4.78, 5) is 0. The van der Waals surface area contributed by atoms with Crippen molar-refractivity contribution < 1.29 is 0 Å². The Morgan fingerprint density at radius 2 is 2.00 bits per heavy atom. The van der Waals surface area contributed by atoms with Crippen molar-refractivity contribution in [2.24, 2.45) is 0 Å². The second-order valence-electron chi connectivity index (χ2n) is 2.31. The average Bonchev–Trinajstić information content (AvgIpc) is 2.09. The van der Waals surface area contributed by atoms with E-state index in [2.05, 4.69) is 24.3 Å². The molecule has 1 aliphatic rings. The predicted molar refractivity (Wildman–Crippen MR) is 46.2 cm³/mol. The van der Waals surface area contributed by atoms with Gasteiger partial charge < -0.3 is 0 Å². The van der Waals surface area contributed by atoms with Crippen molar-refractivity contribution in [1.29, 1.82) is 0 Å². The smallest absolute Gasteiger partial charge is 0.0398 e. The van der Waals surface area contributed by atoms with Crippen molar-refractivity contribution in [3.8, 4) is 0 Å². The lowest BCUT2D eigenvalue weighted by Gasteiger charge is -2.32. The van der Waals surface area contributed by atoms with Crippen LogP contribution in [0.4, 0.5) is 0 Å². The summed E-state index contributed by atoms with van der Waals surface area (Å²) < 4.78 is 0. The van der Waals surface area contributed by atoms with Gasteiger partial charge in [0.25, 0.3) is 0 Å². The molecular formula is C8H15N3. The van der Waals surface area contributed by atoms with E-state index in [1.807, 2.05) is 29.7 Å². The van der Waals surface area contributed by atoms with Crippen LogP contribution in [-0.4, -0.2) is 23.2 Å². The fourth-order valence-electron chi connectivity index (χ4n) is 1.05. The molecule has 1 heterocycles. The molecule has 0 aromatic heterocycles. The molecule has 1 rings (SSSR count). The molecule has 0 saturated carbocycles. The van der Waals surface area contributed by atoms with Crippen LogP contribution in [0.15, 0.2) is 24.6 Å². The van der Waals surface area contributed by atoms with E-state index >= 15 is 0 Å². The van der Waals surface area contributed by atoms with Crippen molar-refractivity contribution in [2.75, 3.05) is 13.1 Å². The molecular weight excluding hydrogens is 138 g/mol. The van der Waals surface area contributed by atoms with Gasteiger partial charge in [0.1, 0.15) is 0 Å². The molecule has 0 aromatic carbocycles. The number of allylic oxidation sites excluding steroid dienone is 2. The standard InChI is InChI=1S/C8H15N3/c1-3-10(4-2)11-8-6-5-7-9-11/h5-9H,3-4H2,1-2H3. The van der Waals surface area contributed by atoms with E-state index in [1.165, 1.54) is 0 Å². The average molecular weight is 153 g/mol. The maximum atomic E-state index is 3.11. The van der Waals surface area contributed by atoms with Gasteiger partial charge in [0.15, 0.2) is 0 Å². The first kappa shape index (κ1) is 8.14. The van der Waals surface area contributed by atoms with Crippen molar-refractivity contribution in [3.05, 3.63) is 24.6 Å². The van der Waals surface area contributed by atoms with Gasteiger partial charge in [-0.3, -0.25) is 5.43 Å². The normalized spacial score (nSPS) is 15.7. The maximum Gasteiger partial charge on any atom is 0.0398 e. The largest absolute Gasteiger partial charge is 0.292 e. The van der Waals surface area contributed by atoms with Crippen LogP contribution in [-0.2, 0) is 0 Å². The second-order valence-corrected chi connectivity index (χ2v) is 2.31. The molecule has 1 aliphatic heterocycles. The van der Waals surface area contributed by atoms with E-state index in [9.17, 15) is 0 Å². The molecule has 0 fully saturated rings. The first-order chi connectivity index (χ1) is 5.38. The minimum absolute atomic E-state index is 1.02. The molecule has 1 N–H and O–H groups in total. The summed E-state index contributed by atoms with van der Waals surface area (Å²) in [6.45, 7) is 6.30. The van der Waals surface area contributed by atoms with Gasteiger partial charge >= 0.3 is 0 Å². The third-order valence-corrected chi connectivity index (χ3v) is 1.68. The maximum absolute atomic E-state index is 3.11. The van der Waals surface area contributed by atoms with Crippen LogP contribution in [0.3, 0.4) is 0 Å². The summed E-state index contributed by atoms with van der Waals surface area (Å²) in [5.74, 6) is 0.